The number of benzene rings is 3. The Labute approximate surface area is 294 Å². The lowest BCUT2D eigenvalue weighted by Gasteiger charge is -2.32. The predicted molar refractivity (Wildman–Crippen MR) is 193 cm³/mol. The third kappa shape index (κ3) is 7.60. The Morgan fingerprint density at radius 2 is 1.30 bits per heavy atom. The van der Waals surface area contributed by atoms with Gasteiger partial charge in [0.1, 0.15) is 0 Å². The topological polar surface area (TPSA) is 134 Å². The minimum absolute atomic E-state index is 0.0322. The molecule has 3 aromatic carbocycles. The van der Waals surface area contributed by atoms with Crippen molar-refractivity contribution in [3.8, 4) is 5.69 Å². The minimum atomic E-state index is -3.66. The highest BCUT2D eigenvalue weighted by Crippen LogP contribution is 2.28. The van der Waals surface area contributed by atoms with Gasteiger partial charge in [0.15, 0.2) is 5.69 Å². The Morgan fingerprint density at radius 3 is 1.82 bits per heavy atom. The number of rotatable bonds is 9. The maximum Gasteiger partial charge on any atom is 0.278 e. The number of hydrogen-bond donors (Lipinski definition) is 1. The molecule has 2 atom stereocenters. The van der Waals surface area contributed by atoms with Crippen molar-refractivity contribution < 1.29 is 21.6 Å². The summed E-state index contributed by atoms with van der Waals surface area (Å²) >= 11 is 0. The summed E-state index contributed by atoms with van der Waals surface area (Å²) in [6.07, 6.45) is 7.96. The van der Waals surface area contributed by atoms with Gasteiger partial charge in [-0.05, 0) is 118 Å². The molecule has 0 saturated carbocycles. The molecule has 1 aromatic heterocycles. The summed E-state index contributed by atoms with van der Waals surface area (Å²) in [5, 5.41) is 7.78. The number of hydrogen-bond acceptors (Lipinski definition) is 7. The fourth-order valence-corrected chi connectivity index (χ4v) is 9.95. The highest BCUT2D eigenvalue weighted by molar-refractivity contribution is 7.89. The molecule has 0 aliphatic carbocycles. The van der Waals surface area contributed by atoms with Crippen molar-refractivity contribution in [2.24, 2.45) is 4.99 Å². The predicted octanol–water partition coefficient (Wildman–Crippen LogP) is 6.05. The number of sulfonamides is 2. The van der Waals surface area contributed by atoms with Crippen LogP contribution in [0.5, 0.6) is 0 Å². The first-order valence-corrected chi connectivity index (χ1v) is 20.1. The highest BCUT2D eigenvalue weighted by atomic mass is 32.2. The number of carbonyl (C=O) groups is 1. The summed E-state index contributed by atoms with van der Waals surface area (Å²) in [5.41, 5.74) is 2.81. The first kappa shape index (κ1) is 35.6. The van der Waals surface area contributed by atoms with Gasteiger partial charge in [0.05, 0.1) is 26.5 Å². The van der Waals surface area contributed by atoms with Crippen LogP contribution in [0.2, 0.25) is 0 Å². The molecule has 13 heteroatoms. The van der Waals surface area contributed by atoms with E-state index < -0.39 is 26.0 Å². The average molecular weight is 717 g/mol. The number of nitrogens with one attached hydrogen (secondary N) is 1. The van der Waals surface area contributed by atoms with E-state index in [0.29, 0.717) is 24.5 Å². The lowest BCUT2D eigenvalue weighted by molar-refractivity contribution is 0.101. The van der Waals surface area contributed by atoms with Gasteiger partial charge < -0.3 is 5.32 Å². The third-order valence-electron chi connectivity index (χ3n) is 9.54. The number of aryl methyl sites for hydroxylation is 1. The molecule has 0 spiro atoms. The molecule has 0 radical (unpaired) electrons. The van der Waals surface area contributed by atoms with E-state index in [4.69, 9.17) is 4.99 Å². The van der Waals surface area contributed by atoms with Crippen molar-refractivity contribution in [1.29, 1.82) is 0 Å². The van der Waals surface area contributed by atoms with E-state index in [0.717, 1.165) is 50.6 Å². The van der Waals surface area contributed by atoms with E-state index in [2.05, 4.69) is 17.3 Å². The van der Waals surface area contributed by atoms with Crippen molar-refractivity contribution in [3.05, 3.63) is 102 Å². The van der Waals surface area contributed by atoms with E-state index in [1.807, 2.05) is 38.1 Å². The molecular weight excluding hydrogens is 673 g/mol. The number of nitrogens with zero attached hydrogens (tertiary/aromatic N) is 5. The van der Waals surface area contributed by atoms with E-state index in [-0.39, 0.29) is 32.9 Å². The SMILES string of the molecule is CCc1ccc(-n2ccc(=Nc3ccc(S(=O)(=O)N4CCCC[C@@H]4C)cc3)c(C(=O)Nc3ccc(S(=O)(=O)N4CCCC[C@@H]4C)cc3)n2)cc1. The molecule has 1 amide bonds. The lowest BCUT2D eigenvalue weighted by atomic mass is 10.1. The Balaban J connectivity index is 1.30. The molecule has 2 saturated heterocycles. The summed E-state index contributed by atoms with van der Waals surface area (Å²) in [5.74, 6) is -0.540. The minimum Gasteiger partial charge on any atom is -0.321 e. The van der Waals surface area contributed by atoms with Crippen LogP contribution in [0.3, 0.4) is 0 Å². The molecule has 1 N–H and O–H groups in total. The zero-order chi connectivity index (χ0) is 35.5. The van der Waals surface area contributed by atoms with Gasteiger partial charge in [-0.15, -0.1) is 0 Å². The van der Waals surface area contributed by atoms with Gasteiger partial charge in [0, 0.05) is 37.1 Å². The molecule has 11 nitrogen and oxygen atoms in total. The first-order valence-electron chi connectivity index (χ1n) is 17.3. The maximum atomic E-state index is 13.8. The van der Waals surface area contributed by atoms with Crippen LogP contribution in [-0.2, 0) is 26.5 Å². The maximum absolute atomic E-state index is 13.8. The number of amides is 1. The van der Waals surface area contributed by atoms with Gasteiger partial charge >= 0.3 is 0 Å². The normalized spacial score (nSPS) is 19.7. The second kappa shape index (κ2) is 15.0. The smallest absolute Gasteiger partial charge is 0.278 e. The van der Waals surface area contributed by atoms with E-state index in [1.54, 1.807) is 62.0 Å². The van der Waals surface area contributed by atoms with Gasteiger partial charge in [-0.25, -0.2) is 26.5 Å². The Hall–Kier alpha value is -4.17. The van der Waals surface area contributed by atoms with Crippen LogP contribution in [0.15, 0.2) is 99.8 Å². The van der Waals surface area contributed by atoms with Crippen molar-refractivity contribution in [1.82, 2.24) is 18.4 Å². The van der Waals surface area contributed by atoms with E-state index in [1.165, 1.54) is 17.7 Å². The van der Waals surface area contributed by atoms with Crippen LogP contribution in [0.4, 0.5) is 11.4 Å². The van der Waals surface area contributed by atoms with Crippen molar-refractivity contribution in [2.45, 2.75) is 87.6 Å². The Morgan fingerprint density at radius 1 is 0.760 bits per heavy atom. The quantitative estimate of drug-likeness (QED) is 0.224. The molecule has 0 unspecified atom stereocenters. The van der Waals surface area contributed by atoms with Crippen LogP contribution in [0.1, 0.15) is 75.3 Å². The van der Waals surface area contributed by atoms with Crippen molar-refractivity contribution >= 4 is 37.3 Å². The van der Waals surface area contributed by atoms with Gasteiger partial charge in [0.2, 0.25) is 20.0 Å². The monoisotopic (exact) mass is 716 g/mol. The zero-order valence-corrected chi connectivity index (χ0v) is 30.3. The van der Waals surface area contributed by atoms with Gasteiger partial charge in [-0.2, -0.15) is 13.7 Å². The van der Waals surface area contributed by atoms with Crippen molar-refractivity contribution in [3.63, 3.8) is 0 Å². The van der Waals surface area contributed by atoms with Crippen LogP contribution in [0.25, 0.3) is 5.69 Å². The van der Waals surface area contributed by atoms with Gasteiger partial charge in [-0.3, -0.25) is 4.79 Å². The number of piperidine rings is 2. The second-order valence-electron chi connectivity index (χ2n) is 13.0. The lowest BCUT2D eigenvalue weighted by Crippen LogP contribution is -2.41. The van der Waals surface area contributed by atoms with Crippen LogP contribution >= 0.6 is 0 Å². The first-order chi connectivity index (χ1) is 24.0. The van der Waals surface area contributed by atoms with Gasteiger partial charge in [-0.1, -0.05) is 31.9 Å². The molecule has 4 aromatic rings. The average Bonchev–Trinajstić information content (AvgIpc) is 3.12. The largest absolute Gasteiger partial charge is 0.321 e. The fraction of sp³-hybridized carbons (Fsp3) is 0.378. The third-order valence-corrected chi connectivity index (χ3v) is 13.6. The molecule has 264 valence electrons. The second-order valence-corrected chi connectivity index (χ2v) is 16.8. The van der Waals surface area contributed by atoms with Gasteiger partial charge in [0.25, 0.3) is 5.91 Å². The van der Waals surface area contributed by atoms with E-state index >= 15 is 0 Å². The summed E-state index contributed by atoms with van der Waals surface area (Å²) < 4.78 is 58.1. The molecule has 2 aliphatic rings. The molecule has 2 fully saturated rings. The highest BCUT2D eigenvalue weighted by Gasteiger charge is 2.32. The fourth-order valence-electron chi connectivity index (χ4n) is 6.55. The number of carbonyl (C=O) groups excluding carboxylic acids is 1. The van der Waals surface area contributed by atoms with Crippen molar-refractivity contribution in [2.75, 3.05) is 18.4 Å². The summed E-state index contributed by atoms with van der Waals surface area (Å²) in [4.78, 5) is 18.9. The molecule has 0 bridgehead atoms. The van der Waals surface area contributed by atoms with Crippen LogP contribution < -0.4 is 10.7 Å². The van der Waals surface area contributed by atoms with Crippen LogP contribution in [-0.4, -0.2) is 66.3 Å². The standard InChI is InChI=1S/C37H44N6O5S2/c1-4-29-11-17-32(18-12-29)41-26-23-35(38-30-13-19-33(20-14-30)49(45,46)42-24-7-5-9-27(42)2)36(40-41)37(44)39-31-15-21-34(22-16-31)50(47,48)43-25-8-6-10-28(43)3/h11-23,26-28H,4-10,24-25H2,1-3H3,(H,39,44)/t27-,28-/m0/s1. The molecule has 50 heavy (non-hydrogen) atoms. The molecule has 3 heterocycles. The van der Waals surface area contributed by atoms with Crippen LogP contribution in [0, 0.1) is 0 Å². The summed E-state index contributed by atoms with van der Waals surface area (Å²) in [6.45, 7) is 6.93. The number of aromatic nitrogens is 2. The summed E-state index contributed by atoms with van der Waals surface area (Å²) in [6, 6.07) is 21.9. The molecule has 2 aliphatic heterocycles. The van der Waals surface area contributed by atoms with E-state index in [9.17, 15) is 21.6 Å². The zero-order valence-electron chi connectivity index (χ0n) is 28.7. The Bertz CT molecular complexity index is 2110. The molecule has 6 rings (SSSR count). The summed E-state index contributed by atoms with van der Waals surface area (Å²) in [7, 11) is -7.31. The number of anilines is 1. The molecular formula is C37H44N6O5S2. The Kier molecular flexibility index (Phi) is 10.7.